The zero-order chi connectivity index (χ0) is 30.4. The summed E-state index contributed by atoms with van der Waals surface area (Å²) in [6.45, 7) is 0.0509. The first-order valence-electron chi connectivity index (χ1n) is 13.1. The van der Waals surface area contributed by atoms with Crippen molar-refractivity contribution in [2.24, 2.45) is 22.7 Å². The molecule has 2 rings (SSSR count). The Kier molecular flexibility index (Phi) is 13.7. The van der Waals surface area contributed by atoms with E-state index in [2.05, 4.69) is 26.0 Å². The van der Waals surface area contributed by atoms with E-state index >= 15 is 0 Å². The van der Waals surface area contributed by atoms with Crippen molar-refractivity contribution in [3.63, 3.8) is 0 Å². The number of anilines is 1. The SMILES string of the molecule is N/C(=N\[N+](=O)[O-])NCCC[C@H](NC(=O)[C@H](CC1CCCCC1)[C@H](CCC(F)(F)F)N(O)C=O)C(=O)Nc1nccs1. The minimum atomic E-state index is -4.59. The van der Waals surface area contributed by atoms with Crippen molar-refractivity contribution in [3.8, 4) is 0 Å². The van der Waals surface area contributed by atoms with Crippen molar-refractivity contribution in [2.45, 2.75) is 82.5 Å². The van der Waals surface area contributed by atoms with Gasteiger partial charge in [0, 0.05) is 24.5 Å². The lowest BCUT2D eigenvalue weighted by molar-refractivity contribution is -0.485. The smallest absolute Gasteiger partial charge is 0.365 e. The minimum Gasteiger partial charge on any atom is -0.365 e. The number of halogens is 3. The van der Waals surface area contributed by atoms with Crippen LogP contribution in [0.5, 0.6) is 0 Å². The molecule has 230 valence electrons. The highest BCUT2D eigenvalue weighted by atomic mass is 32.1. The molecule has 1 heterocycles. The van der Waals surface area contributed by atoms with Crippen LogP contribution in [0.25, 0.3) is 0 Å². The number of carbonyl (C=O) groups excluding carboxylic acids is 3. The Morgan fingerprint density at radius 2 is 2.00 bits per heavy atom. The fourth-order valence-electron chi connectivity index (χ4n) is 4.80. The highest BCUT2D eigenvalue weighted by Gasteiger charge is 2.39. The third-order valence-corrected chi connectivity index (χ3v) is 7.43. The molecule has 0 aliphatic heterocycles. The Hall–Kier alpha value is -3.54. The monoisotopic (exact) mass is 608 g/mol. The predicted octanol–water partition coefficient (Wildman–Crippen LogP) is 2.59. The van der Waals surface area contributed by atoms with Crippen LogP contribution in [0.3, 0.4) is 0 Å². The van der Waals surface area contributed by atoms with E-state index in [4.69, 9.17) is 5.73 Å². The van der Waals surface area contributed by atoms with Crippen molar-refractivity contribution in [1.82, 2.24) is 20.7 Å². The van der Waals surface area contributed by atoms with Gasteiger partial charge in [0.05, 0.1) is 12.0 Å². The number of hydrogen-bond acceptors (Lipinski definition) is 8. The summed E-state index contributed by atoms with van der Waals surface area (Å²) in [6.07, 6.45) is -0.645. The van der Waals surface area contributed by atoms with E-state index in [0.29, 0.717) is 0 Å². The number of hydrazone groups is 1. The second kappa shape index (κ2) is 16.7. The fraction of sp³-hybridized carbons (Fsp3) is 0.696. The van der Waals surface area contributed by atoms with Crippen LogP contribution in [-0.2, 0) is 14.4 Å². The summed E-state index contributed by atoms with van der Waals surface area (Å²) >= 11 is 1.13. The third kappa shape index (κ3) is 12.7. The predicted molar refractivity (Wildman–Crippen MR) is 142 cm³/mol. The molecule has 0 spiro atoms. The van der Waals surface area contributed by atoms with Gasteiger partial charge < -0.3 is 21.7 Å². The molecule has 1 aromatic rings. The molecule has 1 aromatic heterocycles. The van der Waals surface area contributed by atoms with Gasteiger partial charge in [-0.25, -0.2) is 20.2 Å². The molecule has 0 saturated heterocycles. The number of nitrogens with two attached hydrogens (primary N) is 1. The van der Waals surface area contributed by atoms with E-state index in [-0.39, 0.29) is 48.3 Å². The second-order valence-corrected chi connectivity index (χ2v) is 10.6. The molecule has 0 aromatic carbocycles. The molecule has 0 unspecified atom stereocenters. The number of rotatable bonds is 16. The number of thiazole rings is 1. The number of alkyl halides is 3. The molecule has 3 amide bonds. The first kappa shape index (κ1) is 33.7. The fourth-order valence-corrected chi connectivity index (χ4v) is 5.33. The Bertz CT molecular complexity index is 1020. The molecule has 1 saturated carbocycles. The summed E-state index contributed by atoms with van der Waals surface area (Å²) in [5, 5.41) is 32.2. The van der Waals surface area contributed by atoms with E-state index < -0.39 is 59.8 Å². The van der Waals surface area contributed by atoms with Crippen molar-refractivity contribution in [3.05, 3.63) is 21.7 Å². The van der Waals surface area contributed by atoms with Gasteiger partial charge in [0.15, 0.2) is 10.2 Å². The molecule has 3 atom stereocenters. The van der Waals surface area contributed by atoms with E-state index in [9.17, 15) is 42.9 Å². The molecular formula is C23H35F3N8O6S. The maximum Gasteiger partial charge on any atom is 0.389 e. The van der Waals surface area contributed by atoms with Crippen molar-refractivity contribution in [2.75, 3.05) is 11.9 Å². The van der Waals surface area contributed by atoms with Gasteiger partial charge in [0.1, 0.15) is 11.1 Å². The lowest BCUT2D eigenvalue weighted by atomic mass is 9.79. The van der Waals surface area contributed by atoms with Crippen molar-refractivity contribution in [1.29, 1.82) is 0 Å². The zero-order valence-electron chi connectivity index (χ0n) is 22.2. The van der Waals surface area contributed by atoms with Gasteiger partial charge in [-0.2, -0.15) is 13.2 Å². The lowest BCUT2D eigenvalue weighted by Crippen LogP contribution is -2.51. The Morgan fingerprint density at radius 1 is 1.29 bits per heavy atom. The molecule has 1 aliphatic carbocycles. The first-order chi connectivity index (χ1) is 19.4. The molecular weight excluding hydrogens is 573 g/mol. The summed E-state index contributed by atoms with van der Waals surface area (Å²) in [7, 11) is 0. The second-order valence-electron chi connectivity index (χ2n) is 9.73. The Morgan fingerprint density at radius 3 is 2.59 bits per heavy atom. The summed E-state index contributed by atoms with van der Waals surface area (Å²) in [4.78, 5) is 52.5. The van der Waals surface area contributed by atoms with E-state index in [1.54, 1.807) is 5.38 Å². The number of nitrogens with zero attached hydrogens (tertiary/aromatic N) is 4. The van der Waals surface area contributed by atoms with Gasteiger partial charge in [-0.3, -0.25) is 19.6 Å². The van der Waals surface area contributed by atoms with Crippen LogP contribution in [0, 0.1) is 22.0 Å². The standard InChI is InChI=1S/C23H35F3N8O6S/c24-23(25,26)9-8-18(33(38)14-35)16(13-15-5-2-1-3-6-15)19(36)30-17(20(37)31-22-29-11-12-41-22)7-4-10-28-21(27)32-34(39)40/h11-12,14-18,38H,1-10,13H2,(H,30,36)(H3,27,28,32)(H,29,31,37)/t16-,17+,18+/m1/s1. The Balaban J connectivity index is 2.25. The van der Waals surface area contributed by atoms with Crippen LogP contribution < -0.4 is 21.7 Å². The van der Waals surface area contributed by atoms with E-state index in [1.165, 1.54) is 6.20 Å². The maximum atomic E-state index is 13.6. The number of nitro groups is 1. The molecule has 0 radical (unpaired) electrons. The third-order valence-electron chi connectivity index (χ3n) is 6.75. The van der Waals surface area contributed by atoms with Crippen LogP contribution in [0.2, 0.25) is 0 Å². The van der Waals surface area contributed by atoms with Crippen LogP contribution in [0.15, 0.2) is 16.7 Å². The van der Waals surface area contributed by atoms with Crippen LogP contribution in [-0.4, -0.2) is 69.3 Å². The van der Waals surface area contributed by atoms with Crippen molar-refractivity contribution >= 4 is 40.7 Å². The van der Waals surface area contributed by atoms with Crippen LogP contribution in [0.4, 0.5) is 18.3 Å². The number of nitrogens with one attached hydrogen (secondary N) is 3. The molecule has 0 bridgehead atoms. The number of aromatic nitrogens is 1. The van der Waals surface area contributed by atoms with Crippen molar-refractivity contribution < 1.29 is 37.8 Å². The first-order valence-corrected chi connectivity index (χ1v) is 14.0. The van der Waals surface area contributed by atoms with Gasteiger partial charge in [-0.1, -0.05) is 32.1 Å². The number of hydrogen-bond donors (Lipinski definition) is 5. The highest BCUT2D eigenvalue weighted by molar-refractivity contribution is 7.13. The summed E-state index contributed by atoms with van der Waals surface area (Å²) in [5.41, 5.74) is 5.39. The number of hydroxylamine groups is 2. The normalized spacial score (nSPS) is 16.7. The number of carbonyl (C=O) groups is 3. The van der Waals surface area contributed by atoms with Gasteiger partial charge in [-0.15, -0.1) is 11.3 Å². The van der Waals surface area contributed by atoms with Crippen LogP contribution in [0.1, 0.15) is 64.2 Å². The summed E-state index contributed by atoms with van der Waals surface area (Å²) in [5.74, 6) is -3.14. The van der Waals surface area contributed by atoms with Gasteiger partial charge in [0.25, 0.3) is 5.96 Å². The molecule has 41 heavy (non-hydrogen) atoms. The topological polar surface area (TPSA) is 205 Å². The minimum absolute atomic E-state index is 0.00157. The van der Waals surface area contributed by atoms with Crippen LogP contribution >= 0.6 is 11.3 Å². The summed E-state index contributed by atoms with van der Waals surface area (Å²) in [6, 6.07) is -2.67. The number of amides is 3. The summed E-state index contributed by atoms with van der Waals surface area (Å²) < 4.78 is 39.3. The number of guanidine groups is 1. The van der Waals surface area contributed by atoms with Gasteiger partial charge in [0.2, 0.25) is 18.2 Å². The maximum absolute atomic E-state index is 13.6. The quantitative estimate of drug-likeness (QED) is 0.0355. The molecule has 1 aliphatic rings. The Labute approximate surface area is 238 Å². The molecule has 1 fully saturated rings. The average Bonchev–Trinajstić information content (AvgIpc) is 3.42. The molecule has 14 nitrogen and oxygen atoms in total. The van der Waals surface area contributed by atoms with E-state index in [1.807, 2.05) is 0 Å². The molecule has 18 heteroatoms. The highest BCUT2D eigenvalue weighted by Crippen LogP contribution is 2.34. The van der Waals surface area contributed by atoms with E-state index in [0.717, 1.165) is 43.4 Å². The largest absolute Gasteiger partial charge is 0.389 e. The average molecular weight is 609 g/mol. The van der Waals surface area contributed by atoms with Gasteiger partial charge >= 0.3 is 6.18 Å². The molecule has 6 N–H and O–H groups in total. The lowest BCUT2D eigenvalue weighted by Gasteiger charge is -2.34. The van der Waals surface area contributed by atoms with Gasteiger partial charge in [-0.05, 0) is 31.6 Å². The zero-order valence-corrected chi connectivity index (χ0v) is 23.0.